The van der Waals surface area contributed by atoms with Crippen LogP contribution in [-0.4, -0.2) is 26.1 Å². The van der Waals surface area contributed by atoms with Crippen LogP contribution in [0.3, 0.4) is 0 Å². The molecule has 0 radical (unpaired) electrons. The lowest BCUT2D eigenvalue weighted by atomic mass is 10.3. The molecule has 2 aromatic heterocycles. The summed E-state index contributed by atoms with van der Waals surface area (Å²) in [5.74, 6) is 0. The summed E-state index contributed by atoms with van der Waals surface area (Å²) < 4.78 is 4.00. The van der Waals surface area contributed by atoms with Crippen molar-refractivity contribution in [2.75, 3.05) is 6.54 Å². The maximum absolute atomic E-state index is 4.53. The maximum Gasteiger partial charge on any atom is 0.0625 e. The van der Waals surface area contributed by atoms with Crippen molar-refractivity contribution in [3.63, 3.8) is 0 Å². The number of aryl methyl sites for hydroxylation is 2. The van der Waals surface area contributed by atoms with Gasteiger partial charge in [0, 0.05) is 32.0 Å². The molecule has 0 saturated heterocycles. The van der Waals surface area contributed by atoms with Gasteiger partial charge in [0.1, 0.15) is 0 Å². The topological polar surface area (TPSA) is 47.7 Å². The van der Waals surface area contributed by atoms with Crippen LogP contribution in [0.2, 0.25) is 0 Å². The molecule has 0 aliphatic carbocycles. The molecule has 5 nitrogen and oxygen atoms in total. The van der Waals surface area contributed by atoms with E-state index in [9.17, 15) is 0 Å². The largest absolute Gasteiger partial charge is 0.309 e. The van der Waals surface area contributed by atoms with Gasteiger partial charge in [0.05, 0.1) is 17.9 Å². The highest BCUT2D eigenvalue weighted by molar-refractivity contribution is 5.10. The molecule has 0 saturated carbocycles. The van der Waals surface area contributed by atoms with Crippen LogP contribution in [-0.2, 0) is 26.1 Å². The van der Waals surface area contributed by atoms with Gasteiger partial charge in [-0.2, -0.15) is 10.2 Å². The average Bonchev–Trinajstić information content (AvgIpc) is 3.03. The van der Waals surface area contributed by atoms with Gasteiger partial charge in [-0.3, -0.25) is 9.36 Å². The number of nitrogens with zero attached hydrogens (tertiary/aromatic N) is 4. The molecule has 0 fully saturated rings. The molecular weight excluding hydrogens is 226 g/mol. The predicted molar refractivity (Wildman–Crippen MR) is 71.2 cm³/mol. The van der Waals surface area contributed by atoms with Gasteiger partial charge in [-0.05, 0) is 25.5 Å². The zero-order valence-electron chi connectivity index (χ0n) is 11.1. The van der Waals surface area contributed by atoms with Crippen LogP contribution >= 0.6 is 0 Å². The summed E-state index contributed by atoms with van der Waals surface area (Å²) in [6.45, 7) is 7.86. The molecule has 0 aliphatic heterocycles. The minimum Gasteiger partial charge on any atom is -0.309 e. The third-order valence-corrected chi connectivity index (χ3v) is 2.96. The van der Waals surface area contributed by atoms with E-state index in [1.165, 1.54) is 11.4 Å². The Morgan fingerprint density at radius 3 is 2.89 bits per heavy atom. The van der Waals surface area contributed by atoms with Crippen LogP contribution in [0.15, 0.2) is 24.5 Å². The molecule has 0 aromatic carbocycles. The summed E-state index contributed by atoms with van der Waals surface area (Å²) in [5.41, 5.74) is 2.43. The second-order valence-corrected chi connectivity index (χ2v) is 4.24. The number of hydrogen-bond acceptors (Lipinski definition) is 3. The van der Waals surface area contributed by atoms with Crippen LogP contribution in [0.25, 0.3) is 0 Å². The fourth-order valence-electron chi connectivity index (χ4n) is 1.95. The van der Waals surface area contributed by atoms with Crippen LogP contribution in [0.5, 0.6) is 0 Å². The molecule has 0 aliphatic rings. The van der Waals surface area contributed by atoms with Gasteiger partial charge in [-0.15, -0.1) is 0 Å². The van der Waals surface area contributed by atoms with E-state index < -0.39 is 0 Å². The maximum atomic E-state index is 4.53. The fourth-order valence-corrected chi connectivity index (χ4v) is 1.95. The van der Waals surface area contributed by atoms with E-state index in [0.717, 1.165) is 32.6 Å². The summed E-state index contributed by atoms with van der Waals surface area (Å²) in [4.78, 5) is 0. The molecule has 18 heavy (non-hydrogen) atoms. The molecule has 2 rings (SSSR count). The zero-order valence-corrected chi connectivity index (χ0v) is 11.1. The normalized spacial score (nSPS) is 11.0. The van der Waals surface area contributed by atoms with E-state index in [1.54, 1.807) is 6.20 Å². The van der Waals surface area contributed by atoms with Crippen LogP contribution in [0.1, 0.15) is 25.2 Å². The Morgan fingerprint density at radius 2 is 2.22 bits per heavy atom. The highest BCUT2D eigenvalue weighted by atomic mass is 15.3. The molecule has 0 atom stereocenters. The smallest absolute Gasteiger partial charge is 0.0625 e. The van der Waals surface area contributed by atoms with Crippen molar-refractivity contribution in [1.29, 1.82) is 0 Å². The van der Waals surface area contributed by atoms with E-state index in [4.69, 9.17) is 0 Å². The van der Waals surface area contributed by atoms with Gasteiger partial charge in [-0.1, -0.05) is 6.92 Å². The first kappa shape index (κ1) is 12.8. The van der Waals surface area contributed by atoms with E-state index in [1.807, 2.05) is 16.9 Å². The van der Waals surface area contributed by atoms with Crippen LogP contribution in [0.4, 0.5) is 0 Å². The van der Waals surface area contributed by atoms with Crippen molar-refractivity contribution in [3.8, 4) is 0 Å². The fraction of sp³-hybridized carbons (Fsp3) is 0.538. The SMILES string of the molecule is CCc1cc(CNCCn2cccn2)n(CC)n1. The van der Waals surface area contributed by atoms with Crippen LogP contribution < -0.4 is 5.32 Å². The molecule has 1 N–H and O–H groups in total. The Hall–Kier alpha value is -1.62. The van der Waals surface area contributed by atoms with Crippen molar-refractivity contribution in [2.24, 2.45) is 0 Å². The molecule has 5 heteroatoms. The first-order valence-corrected chi connectivity index (χ1v) is 6.57. The summed E-state index contributed by atoms with van der Waals surface area (Å²) in [7, 11) is 0. The van der Waals surface area contributed by atoms with Crippen molar-refractivity contribution in [2.45, 2.75) is 39.9 Å². The lowest BCUT2D eigenvalue weighted by Gasteiger charge is -2.06. The molecule has 0 bridgehead atoms. The lowest BCUT2D eigenvalue weighted by Crippen LogP contribution is -2.21. The molecule has 2 aromatic rings. The second-order valence-electron chi connectivity index (χ2n) is 4.24. The Morgan fingerprint density at radius 1 is 1.33 bits per heavy atom. The predicted octanol–water partition coefficient (Wildman–Crippen LogP) is 1.45. The molecule has 2 heterocycles. The van der Waals surface area contributed by atoms with E-state index in [2.05, 4.69) is 40.1 Å². The Bertz CT molecular complexity index is 458. The van der Waals surface area contributed by atoms with Crippen molar-refractivity contribution < 1.29 is 0 Å². The van der Waals surface area contributed by atoms with Crippen molar-refractivity contribution in [3.05, 3.63) is 35.9 Å². The Labute approximate surface area is 108 Å². The Kier molecular flexibility index (Phi) is 4.52. The third kappa shape index (κ3) is 3.20. The number of aromatic nitrogens is 4. The van der Waals surface area contributed by atoms with Gasteiger partial charge in [-0.25, -0.2) is 0 Å². The quantitative estimate of drug-likeness (QED) is 0.753. The highest BCUT2D eigenvalue weighted by Gasteiger charge is 2.04. The average molecular weight is 247 g/mol. The molecule has 98 valence electrons. The van der Waals surface area contributed by atoms with E-state index in [0.29, 0.717) is 0 Å². The molecular formula is C13H21N5. The zero-order chi connectivity index (χ0) is 12.8. The number of nitrogens with one attached hydrogen (secondary N) is 1. The lowest BCUT2D eigenvalue weighted by molar-refractivity contribution is 0.531. The molecule has 0 spiro atoms. The highest BCUT2D eigenvalue weighted by Crippen LogP contribution is 2.05. The molecule has 0 unspecified atom stereocenters. The van der Waals surface area contributed by atoms with Gasteiger partial charge < -0.3 is 5.32 Å². The summed E-state index contributed by atoms with van der Waals surface area (Å²) in [6.07, 6.45) is 4.78. The third-order valence-electron chi connectivity index (χ3n) is 2.96. The first-order valence-electron chi connectivity index (χ1n) is 6.57. The van der Waals surface area contributed by atoms with Crippen LogP contribution in [0, 0.1) is 0 Å². The first-order chi connectivity index (χ1) is 8.83. The van der Waals surface area contributed by atoms with Gasteiger partial charge >= 0.3 is 0 Å². The minimum absolute atomic E-state index is 0.863. The standard InChI is InChI=1S/C13H21N5/c1-3-12-10-13(18(4-2)16-12)11-14-7-9-17-8-5-6-15-17/h5-6,8,10,14H,3-4,7,9,11H2,1-2H3. The van der Waals surface area contributed by atoms with Crippen molar-refractivity contribution in [1.82, 2.24) is 24.9 Å². The number of hydrogen-bond donors (Lipinski definition) is 1. The molecule has 0 amide bonds. The van der Waals surface area contributed by atoms with E-state index >= 15 is 0 Å². The van der Waals surface area contributed by atoms with E-state index in [-0.39, 0.29) is 0 Å². The van der Waals surface area contributed by atoms with Gasteiger partial charge in [0.2, 0.25) is 0 Å². The summed E-state index contributed by atoms with van der Waals surface area (Å²) in [6, 6.07) is 4.13. The summed E-state index contributed by atoms with van der Waals surface area (Å²) >= 11 is 0. The summed E-state index contributed by atoms with van der Waals surface area (Å²) in [5, 5.41) is 12.1. The van der Waals surface area contributed by atoms with Gasteiger partial charge in [0.15, 0.2) is 0 Å². The minimum atomic E-state index is 0.863. The van der Waals surface area contributed by atoms with Gasteiger partial charge in [0.25, 0.3) is 0 Å². The second kappa shape index (κ2) is 6.35. The number of rotatable bonds is 7. The van der Waals surface area contributed by atoms with Crippen molar-refractivity contribution >= 4 is 0 Å². The Balaban J connectivity index is 1.80. The monoisotopic (exact) mass is 247 g/mol.